The lowest BCUT2D eigenvalue weighted by Crippen LogP contribution is -2.32. The number of halogens is 1. The van der Waals surface area contributed by atoms with Gasteiger partial charge in [0.15, 0.2) is 0 Å². The molecule has 0 aliphatic carbocycles. The lowest BCUT2D eigenvalue weighted by Gasteiger charge is -2.12. The van der Waals surface area contributed by atoms with Crippen LogP contribution in [-0.4, -0.2) is 37.5 Å². The molecule has 5 nitrogen and oxygen atoms in total. The average Bonchev–Trinajstić information content (AvgIpc) is 2.33. The van der Waals surface area contributed by atoms with E-state index >= 15 is 0 Å². The number of ether oxygens (including phenoxy) is 1. The molecular weight excluding hydrogens is 251 g/mol. The Bertz CT molecular complexity index is 426. The molecule has 106 valence electrons. The van der Waals surface area contributed by atoms with Gasteiger partial charge in [-0.15, -0.1) is 0 Å². The Kier molecular flexibility index (Phi) is 6.24. The van der Waals surface area contributed by atoms with Crippen molar-refractivity contribution in [3.8, 4) is 0 Å². The van der Waals surface area contributed by atoms with Crippen molar-refractivity contribution in [1.82, 2.24) is 5.32 Å². The molecule has 1 aromatic carbocycles. The first-order chi connectivity index (χ1) is 9.02. The Hall–Kier alpha value is -1.66. The lowest BCUT2D eigenvalue weighted by atomic mass is 10.2. The maximum Gasteiger partial charge on any atom is 0.319 e. The van der Waals surface area contributed by atoms with Gasteiger partial charge in [0.1, 0.15) is 5.82 Å². The smallest absolute Gasteiger partial charge is 0.319 e. The zero-order chi connectivity index (χ0) is 14.3. The van der Waals surface area contributed by atoms with Gasteiger partial charge in [-0.25, -0.2) is 9.18 Å². The van der Waals surface area contributed by atoms with E-state index in [4.69, 9.17) is 4.74 Å². The van der Waals surface area contributed by atoms with Gasteiger partial charge in [0.05, 0.1) is 12.7 Å². The van der Waals surface area contributed by atoms with E-state index in [9.17, 15) is 14.3 Å². The lowest BCUT2D eigenvalue weighted by molar-refractivity contribution is 0.0599. The summed E-state index contributed by atoms with van der Waals surface area (Å²) in [6, 6.07) is 3.74. The molecule has 0 aliphatic heterocycles. The summed E-state index contributed by atoms with van der Waals surface area (Å²) < 4.78 is 17.7. The molecule has 2 amide bonds. The molecule has 19 heavy (non-hydrogen) atoms. The largest absolute Gasteiger partial charge is 0.391 e. The molecule has 1 unspecified atom stereocenters. The van der Waals surface area contributed by atoms with Crippen molar-refractivity contribution in [2.75, 3.05) is 25.6 Å². The number of aryl methyl sites for hydroxylation is 1. The molecule has 0 fully saturated rings. The second-order valence-corrected chi connectivity index (χ2v) is 4.24. The van der Waals surface area contributed by atoms with Crippen LogP contribution in [0, 0.1) is 12.7 Å². The summed E-state index contributed by atoms with van der Waals surface area (Å²) in [5.74, 6) is -0.342. The zero-order valence-electron chi connectivity index (χ0n) is 11.1. The summed E-state index contributed by atoms with van der Waals surface area (Å²) in [5.41, 5.74) is 1.20. The van der Waals surface area contributed by atoms with Gasteiger partial charge in [-0.3, -0.25) is 0 Å². The number of aliphatic hydroxyl groups is 1. The van der Waals surface area contributed by atoms with Crippen LogP contribution in [0.2, 0.25) is 0 Å². The standard InChI is InChI=1S/C13H19FN2O3/c1-9-7-10(14)3-4-12(9)16-13(18)15-6-5-11(17)8-19-2/h3-4,7,11,17H,5-6,8H2,1-2H3,(H2,15,16,18). The van der Waals surface area contributed by atoms with Crippen LogP contribution >= 0.6 is 0 Å². The van der Waals surface area contributed by atoms with E-state index in [-0.39, 0.29) is 18.5 Å². The van der Waals surface area contributed by atoms with Crippen LogP contribution in [0.15, 0.2) is 18.2 Å². The number of amides is 2. The highest BCUT2D eigenvalue weighted by molar-refractivity contribution is 5.89. The molecule has 1 aromatic rings. The van der Waals surface area contributed by atoms with E-state index in [1.165, 1.54) is 25.3 Å². The van der Waals surface area contributed by atoms with Crippen molar-refractivity contribution in [2.24, 2.45) is 0 Å². The zero-order valence-corrected chi connectivity index (χ0v) is 11.1. The van der Waals surface area contributed by atoms with E-state index in [2.05, 4.69) is 10.6 Å². The predicted octanol–water partition coefficient (Wildman–Crippen LogP) is 1.65. The summed E-state index contributed by atoms with van der Waals surface area (Å²) in [6.07, 6.45) is -0.193. The third kappa shape index (κ3) is 5.67. The highest BCUT2D eigenvalue weighted by Crippen LogP contribution is 2.15. The Morgan fingerprint density at radius 1 is 1.53 bits per heavy atom. The second-order valence-electron chi connectivity index (χ2n) is 4.24. The van der Waals surface area contributed by atoms with Crippen LogP contribution in [0.1, 0.15) is 12.0 Å². The highest BCUT2D eigenvalue weighted by Gasteiger charge is 2.07. The SMILES string of the molecule is COCC(O)CCNC(=O)Nc1ccc(F)cc1C. The Labute approximate surface area is 111 Å². The first kappa shape index (κ1) is 15.4. The number of urea groups is 1. The molecule has 3 N–H and O–H groups in total. The number of hydrogen-bond donors (Lipinski definition) is 3. The normalized spacial score (nSPS) is 12.0. The second kappa shape index (κ2) is 7.70. The first-order valence-corrected chi connectivity index (χ1v) is 6.01. The van der Waals surface area contributed by atoms with Gasteiger partial charge in [-0.05, 0) is 37.1 Å². The number of hydrogen-bond acceptors (Lipinski definition) is 3. The van der Waals surface area contributed by atoms with Gasteiger partial charge < -0.3 is 20.5 Å². The molecule has 0 spiro atoms. The Morgan fingerprint density at radius 3 is 2.89 bits per heavy atom. The van der Waals surface area contributed by atoms with Crippen molar-refractivity contribution in [3.63, 3.8) is 0 Å². The highest BCUT2D eigenvalue weighted by atomic mass is 19.1. The van der Waals surface area contributed by atoms with Crippen molar-refractivity contribution in [2.45, 2.75) is 19.4 Å². The van der Waals surface area contributed by atoms with Crippen LogP contribution in [0.5, 0.6) is 0 Å². The number of nitrogens with one attached hydrogen (secondary N) is 2. The van der Waals surface area contributed by atoms with Gasteiger partial charge in [0.2, 0.25) is 0 Å². The van der Waals surface area contributed by atoms with Crippen molar-refractivity contribution in [3.05, 3.63) is 29.6 Å². The molecule has 1 rings (SSSR count). The van der Waals surface area contributed by atoms with E-state index in [0.717, 1.165) is 0 Å². The summed E-state index contributed by atoms with van der Waals surface area (Å²) >= 11 is 0. The molecule has 0 aliphatic rings. The number of benzene rings is 1. The summed E-state index contributed by atoms with van der Waals surface area (Å²) in [7, 11) is 1.50. The van der Waals surface area contributed by atoms with E-state index in [1.54, 1.807) is 6.92 Å². The van der Waals surface area contributed by atoms with Crippen LogP contribution in [0.3, 0.4) is 0 Å². The minimum Gasteiger partial charge on any atom is -0.391 e. The van der Waals surface area contributed by atoms with Gasteiger partial charge >= 0.3 is 6.03 Å². The fourth-order valence-corrected chi connectivity index (χ4v) is 1.56. The van der Waals surface area contributed by atoms with E-state index in [0.29, 0.717) is 24.2 Å². The van der Waals surface area contributed by atoms with Crippen LogP contribution < -0.4 is 10.6 Å². The van der Waals surface area contributed by atoms with Crippen molar-refractivity contribution in [1.29, 1.82) is 0 Å². The van der Waals surface area contributed by atoms with Gasteiger partial charge in [0, 0.05) is 19.3 Å². The Morgan fingerprint density at radius 2 is 2.26 bits per heavy atom. The van der Waals surface area contributed by atoms with Crippen molar-refractivity contribution >= 4 is 11.7 Å². The molecule has 0 saturated heterocycles. The number of carbonyl (C=O) groups excluding carboxylic acids is 1. The minimum atomic E-state index is -0.599. The topological polar surface area (TPSA) is 70.6 Å². The Balaban J connectivity index is 2.35. The quantitative estimate of drug-likeness (QED) is 0.736. The first-order valence-electron chi connectivity index (χ1n) is 6.01. The summed E-state index contributed by atoms with van der Waals surface area (Å²) in [5, 5.41) is 14.6. The third-order valence-corrected chi connectivity index (χ3v) is 2.56. The number of carbonyl (C=O) groups is 1. The van der Waals surface area contributed by atoms with E-state index < -0.39 is 6.10 Å². The average molecular weight is 270 g/mol. The van der Waals surface area contributed by atoms with Crippen LogP contribution in [0.4, 0.5) is 14.9 Å². The molecule has 1 atom stereocenters. The monoisotopic (exact) mass is 270 g/mol. The predicted molar refractivity (Wildman–Crippen MR) is 70.7 cm³/mol. The van der Waals surface area contributed by atoms with Gasteiger partial charge in [-0.1, -0.05) is 0 Å². The molecule has 0 saturated carbocycles. The number of anilines is 1. The molecule has 0 radical (unpaired) electrons. The van der Waals surface area contributed by atoms with Crippen LogP contribution in [-0.2, 0) is 4.74 Å². The maximum atomic E-state index is 12.9. The molecule has 6 heteroatoms. The summed E-state index contributed by atoms with van der Waals surface area (Å²) in [6.45, 7) is 2.28. The van der Waals surface area contributed by atoms with E-state index in [1.807, 2.05) is 0 Å². The van der Waals surface area contributed by atoms with Gasteiger partial charge in [0.25, 0.3) is 0 Å². The number of methoxy groups -OCH3 is 1. The molecule has 0 bridgehead atoms. The molecule has 0 aromatic heterocycles. The fraction of sp³-hybridized carbons (Fsp3) is 0.462. The summed E-state index contributed by atoms with van der Waals surface area (Å²) in [4.78, 5) is 11.6. The van der Waals surface area contributed by atoms with Crippen LogP contribution in [0.25, 0.3) is 0 Å². The van der Waals surface area contributed by atoms with Crippen molar-refractivity contribution < 1.29 is 19.0 Å². The fourth-order valence-electron chi connectivity index (χ4n) is 1.56. The number of rotatable bonds is 6. The number of aliphatic hydroxyl groups excluding tert-OH is 1. The third-order valence-electron chi connectivity index (χ3n) is 2.56. The van der Waals surface area contributed by atoms with Gasteiger partial charge in [-0.2, -0.15) is 0 Å². The minimum absolute atomic E-state index is 0.236. The molecular formula is C13H19FN2O3. The maximum absolute atomic E-state index is 12.9. The molecule has 0 heterocycles.